The molecule has 5 nitrogen and oxygen atoms in total. The van der Waals surface area contributed by atoms with E-state index in [1.807, 2.05) is 10.8 Å². The lowest BCUT2D eigenvalue weighted by Crippen LogP contribution is -2.19. The molecule has 1 unspecified atom stereocenters. The third kappa shape index (κ3) is 4.85. The Kier molecular flexibility index (Phi) is 6.77. The third-order valence-corrected chi connectivity index (χ3v) is 6.77. The molecule has 0 radical (unpaired) electrons. The summed E-state index contributed by atoms with van der Waals surface area (Å²) in [6.45, 7) is 4.73. The predicted octanol–water partition coefficient (Wildman–Crippen LogP) is 5.70. The minimum atomic E-state index is -0.342. The number of methoxy groups -OCH3 is 1. The molecule has 31 heavy (non-hydrogen) atoms. The molecule has 2 heterocycles. The number of nitrogens with one attached hydrogen (secondary N) is 1. The van der Waals surface area contributed by atoms with Crippen molar-refractivity contribution in [1.29, 1.82) is 0 Å². The molecule has 1 aliphatic rings. The van der Waals surface area contributed by atoms with Crippen LogP contribution in [-0.2, 0) is 0 Å². The minimum absolute atomic E-state index is 0.342. The van der Waals surface area contributed by atoms with Crippen LogP contribution < -0.4 is 10.1 Å². The monoisotopic (exact) mass is 439 g/mol. The first kappa shape index (κ1) is 22.0. The second-order valence-electron chi connectivity index (χ2n) is 8.66. The van der Waals surface area contributed by atoms with E-state index in [2.05, 4.69) is 49.5 Å². The number of pyridine rings is 1. The fourth-order valence-corrected chi connectivity index (χ4v) is 4.88. The molecule has 0 saturated heterocycles. The number of fused-ring (bicyclic) bond motifs is 1. The number of benzene rings is 1. The van der Waals surface area contributed by atoms with Gasteiger partial charge in [0.05, 0.1) is 30.1 Å². The van der Waals surface area contributed by atoms with Crippen LogP contribution in [0, 0.1) is 19.8 Å². The highest BCUT2D eigenvalue weighted by atomic mass is 32.2. The highest BCUT2D eigenvalue weighted by molar-refractivity contribution is 7.98. The maximum Gasteiger partial charge on any atom is 0.142 e. The quantitative estimate of drug-likeness (QED) is 0.397. The lowest BCUT2D eigenvalue weighted by Gasteiger charge is -2.15. The van der Waals surface area contributed by atoms with Gasteiger partial charge < -0.3 is 15.2 Å². The van der Waals surface area contributed by atoms with Crippen molar-refractivity contribution in [3.8, 4) is 17.0 Å². The van der Waals surface area contributed by atoms with Gasteiger partial charge in [-0.3, -0.25) is 0 Å². The molecule has 0 aliphatic heterocycles. The molecule has 0 spiro atoms. The van der Waals surface area contributed by atoms with Crippen LogP contribution >= 0.6 is 11.8 Å². The molecule has 1 atom stereocenters. The number of aliphatic hydroxyl groups is 1. The highest BCUT2D eigenvalue weighted by Crippen LogP contribution is 2.38. The van der Waals surface area contributed by atoms with Gasteiger partial charge in [-0.15, -0.1) is 11.8 Å². The third-order valence-electron chi connectivity index (χ3n) is 6.10. The summed E-state index contributed by atoms with van der Waals surface area (Å²) >= 11 is 1.62. The first-order chi connectivity index (χ1) is 15.0. The Morgan fingerprint density at radius 2 is 2.10 bits per heavy atom. The number of ether oxygens (including phenoxy) is 1. The smallest absolute Gasteiger partial charge is 0.142 e. The van der Waals surface area contributed by atoms with Gasteiger partial charge in [-0.2, -0.15) is 5.10 Å². The van der Waals surface area contributed by atoms with Gasteiger partial charge in [0.15, 0.2) is 0 Å². The van der Waals surface area contributed by atoms with Crippen molar-refractivity contribution in [3.05, 3.63) is 41.5 Å². The molecule has 4 rings (SSSR count). The van der Waals surface area contributed by atoms with Crippen molar-refractivity contribution >= 4 is 23.0 Å². The molecule has 1 aliphatic carbocycles. The Morgan fingerprint density at radius 3 is 2.81 bits per heavy atom. The Morgan fingerprint density at radius 1 is 1.29 bits per heavy atom. The van der Waals surface area contributed by atoms with Crippen molar-refractivity contribution in [2.24, 2.45) is 5.92 Å². The summed E-state index contributed by atoms with van der Waals surface area (Å²) in [6, 6.07) is 10.5. The zero-order valence-corrected chi connectivity index (χ0v) is 19.8. The average Bonchev–Trinajstić information content (AvgIpc) is 3.50. The molecule has 0 bridgehead atoms. The fourth-order valence-electron chi connectivity index (χ4n) is 4.34. The summed E-state index contributed by atoms with van der Waals surface area (Å²) in [7, 11) is 1.71. The van der Waals surface area contributed by atoms with E-state index in [0.29, 0.717) is 6.54 Å². The lowest BCUT2D eigenvalue weighted by molar-refractivity contribution is 0.173. The second kappa shape index (κ2) is 9.53. The van der Waals surface area contributed by atoms with E-state index in [4.69, 9.17) is 9.84 Å². The Bertz CT molecular complexity index is 1060. The lowest BCUT2D eigenvalue weighted by atomic mass is 10.0. The zero-order valence-electron chi connectivity index (χ0n) is 18.9. The van der Waals surface area contributed by atoms with E-state index in [9.17, 15) is 5.11 Å². The molecule has 3 aromatic rings. The number of hydrogen-bond acceptors (Lipinski definition) is 5. The molecule has 1 fully saturated rings. The van der Waals surface area contributed by atoms with Crippen molar-refractivity contribution in [2.45, 2.75) is 57.1 Å². The number of thioether (sulfide) groups is 1. The number of hydrogen-bond donors (Lipinski definition) is 2. The minimum Gasteiger partial charge on any atom is -0.496 e. The van der Waals surface area contributed by atoms with E-state index in [0.717, 1.165) is 57.6 Å². The molecule has 6 heteroatoms. The summed E-state index contributed by atoms with van der Waals surface area (Å²) in [4.78, 5) is 0. The molecular weight excluding hydrogens is 406 g/mol. The van der Waals surface area contributed by atoms with Crippen LogP contribution in [0.4, 0.5) is 5.69 Å². The van der Waals surface area contributed by atoms with E-state index in [1.54, 1.807) is 18.9 Å². The van der Waals surface area contributed by atoms with E-state index >= 15 is 0 Å². The molecular formula is C25H33N3O2S. The van der Waals surface area contributed by atoms with Gasteiger partial charge in [0, 0.05) is 12.1 Å². The van der Waals surface area contributed by atoms with E-state index in [1.165, 1.54) is 24.8 Å². The van der Waals surface area contributed by atoms with Gasteiger partial charge in [0.1, 0.15) is 10.8 Å². The van der Waals surface area contributed by atoms with E-state index in [-0.39, 0.29) is 6.10 Å². The van der Waals surface area contributed by atoms with Crippen LogP contribution in [0.25, 0.3) is 16.8 Å². The molecule has 0 amide bonds. The number of aliphatic hydroxyl groups excluding tert-OH is 1. The first-order valence-corrected chi connectivity index (χ1v) is 12.4. The summed E-state index contributed by atoms with van der Waals surface area (Å²) in [6.07, 6.45) is 7.66. The standard InChI is InChI=1S/C25H33N3O2S/c1-16-13-17(2)23(22(14-16)30-3)20-9-6-10-21-24(25(31-4)27-28(20)21)26-15-19(29)8-5-7-18-11-12-18/h6,9-10,13-14,18-19,26,29H,5,7-8,11-12,15H2,1-4H3. The number of aromatic nitrogens is 2. The predicted molar refractivity (Wildman–Crippen MR) is 130 cm³/mol. The van der Waals surface area contributed by atoms with Crippen LogP contribution in [0.3, 0.4) is 0 Å². The molecule has 1 aromatic carbocycles. The van der Waals surface area contributed by atoms with Crippen LogP contribution in [-0.4, -0.2) is 40.7 Å². The molecule has 1 saturated carbocycles. The van der Waals surface area contributed by atoms with Gasteiger partial charge in [-0.25, -0.2) is 4.52 Å². The van der Waals surface area contributed by atoms with Crippen LogP contribution in [0.1, 0.15) is 43.2 Å². The Hall–Kier alpha value is -2.18. The van der Waals surface area contributed by atoms with Gasteiger partial charge in [-0.1, -0.05) is 37.8 Å². The largest absolute Gasteiger partial charge is 0.496 e. The molecule has 2 N–H and O–H groups in total. The number of rotatable bonds is 10. The maximum absolute atomic E-state index is 10.5. The van der Waals surface area contributed by atoms with Crippen molar-refractivity contribution < 1.29 is 9.84 Å². The second-order valence-corrected chi connectivity index (χ2v) is 9.46. The van der Waals surface area contributed by atoms with E-state index < -0.39 is 0 Å². The van der Waals surface area contributed by atoms with Crippen molar-refractivity contribution in [3.63, 3.8) is 0 Å². The van der Waals surface area contributed by atoms with Crippen molar-refractivity contribution in [1.82, 2.24) is 9.61 Å². The average molecular weight is 440 g/mol. The van der Waals surface area contributed by atoms with Crippen LogP contribution in [0.5, 0.6) is 5.75 Å². The number of nitrogens with zero attached hydrogens (tertiary/aromatic N) is 2. The zero-order chi connectivity index (χ0) is 22.0. The fraction of sp³-hybridized carbons (Fsp3) is 0.480. The topological polar surface area (TPSA) is 58.8 Å². The Labute approximate surface area is 189 Å². The SMILES string of the molecule is COc1cc(C)cc(C)c1-c1cccc2c(NCC(O)CCCC3CC3)c(SC)nn12. The summed E-state index contributed by atoms with van der Waals surface area (Å²) < 4.78 is 7.71. The maximum atomic E-state index is 10.5. The summed E-state index contributed by atoms with van der Waals surface area (Å²) in [5, 5.41) is 19.8. The van der Waals surface area contributed by atoms with Crippen LogP contribution in [0.15, 0.2) is 35.4 Å². The summed E-state index contributed by atoms with van der Waals surface area (Å²) in [5.41, 5.74) is 6.38. The number of anilines is 1. The van der Waals surface area contributed by atoms with Gasteiger partial charge >= 0.3 is 0 Å². The first-order valence-electron chi connectivity index (χ1n) is 11.1. The Balaban J connectivity index is 1.63. The number of aryl methyl sites for hydroxylation is 2. The summed E-state index contributed by atoms with van der Waals surface area (Å²) in [5.74, 6) is 1.77. The normalized spacial score (nSPS) is 14.7. The van der Waals surface area contributed by atoms with Crippen LogP contribution in [0.2, 0.25) is 0 Å². The van der Waals surface area contributed by atoms with Gasteiger partial charge in [0.2, 0.25) is 0 Å². The highest BCUT2D eigenvalue weighted by Gasteiger charge is 2.21. The van der Waals surface area contributed by atoms with Crippen molar-refractivity contribution in [2.75, 3.05) is 25.2 Å². The molecule has 166 valence electrons. The van der Waals surface area contributed by atoms with Gasteiger partial charge in [-0.05, 0) is 61.8 Å². The molecule has 2 aromatic heterocycles. The van der Waals surface area contributed by atoms with Gasteiger partial charge in [0.25, 0.3) is 0 Å².